The van der Waals surface area contributed by atoms with E-state index in [1.54, 1.807) is 0 Å². The van der Waals surface area contributed by atoms with Crippen molar-refractivity contribution in [3.63, 3.8) is 0 Å². The van der Waals surface area contributed by atoms with Crippen LogP contribution < -0.4 is 0 Å². The second-order valence-corrected chi connectivity index (χ2v) is 5.08. The monoisotopic (exact) mass is 271 g/mol. The van der Waals surface area contributed by atoms with Gasteiger partial charge in [0.15, 0.2) is 0 Å². The van der Waals surface area contributed by atoms with E-state index in [4.69, 9.17) is 0 Å². The molecule has 0 aliphatic heterocycles. The van der Waals surface area contributed by atoms with Gasteiger partial charge in [0.05, 0.1) is 11.0 Å². The van der Waals surface area contributed by atoms with Gasteiger partial charge in [-0.15, -0.1) is 0 Å². The summed E-state index contributed by atoms with van der Waals surface area (Å²) >= 11 is 0. The van der Waals surface area contributed by atoms with Crippen LogP contribution >= 0.6 is 0 Å². The summed E-state index contributed by atoms with van der Waals surface area (Å²) in [6, 6.07) is 24.4. The fourth-order valence-electron chi connectivity index (χ4n) is 2.92. The Morgan fingerprint density at radius 1 is 0.714 bits per heavy atom. The molecule has 0 aliphatic rings. The molecule has 0 radical (unpaired) electrons. The Kier molecular flexibility index (Phi) is 2.61. The molecular weight excluding hydrogens is 258 g/mol. The second-order valence-electron chi connectivity index (χ2n) is 5.08. The van der Waals surface area contributed by atoms with Crippen LogP contribution in [-0.2, 0) is 0 Å². The quantitative estimate of drug-likeness (QED) is 0.488. The van der Waals surface area contributed by atoms with Crippen molar-refractivity contribution in [1.29, 1.82) is 0 Å². The lowest BCUT2D eigenvalue weighted by Crippen LogP contribution is -1.93. The summed E-state index contributed by atoms with van der Waals surface area (Å²) in [4.78, 5) is 11.1. The minimum absolute atomic E-state index is 0.697. The van der Waals surface area contributed by atoms with Crippen molar-refractivity contribution >= 4 is 28.1 Å². The SMILES string of the molecule is O=Cc1ccc2c3ccccc3n(-c3ccccc3)c2c1. The smallest absolute Gasteiger partial charge is 0.150 e. The van der Waals surface area contributed by atoms with Crippen molar-refractivity contribution in [2.75, 3.05) is 0 Å². The molecule has 4 aromatic rings. The lowest BCUT2D eigenvalue weighted by atomic mass is 10.1. The van der Waals surface area contributed by atoms with Crippen molar-refractivity contribution < 1.29 is 4.79 Å². The standard InChI is InChI=1S/C19H13NO/c21-13-14-10-11-17-16-8-4-5-9-18(16)20(19(17)12-14)15-6-2-1-3-7-15/h1-13H. The fourth-order valence-corrected chi connectivity index (χ4v) is 2.92. The summed E-state index contributed by atoms with van der Waals surface area (Å²) < 4.78 is 2.21. The molecule has 4 rings (SSSR count). The molecule has 0 fully saturated rings. The van der Waals surface area contributed by atoms with Crippen LogP contribution in [0.1, 0.15) is 10.4 Å². The van der Waals surface area contributed by atoms with E-state index in [0.717, 1.165) is 23.0 Å². The molecule has 0 aliphatic carbocycles. The number of para-hydroxylation sites is 2. The van der Waals surface area contributed by atoms with Gasteiger partial charge < -0.3 is 4.57 Å². The number of hydrogen-bond donors (Lipinski definition) is 0. The first kappa shape index (κ1) is 11.9. The summed E-state index contributed by atoms with van der Waals surface area (Å²) in [5.74, 6) is 0. The van der Waals surface area contributed by atoms with Gasteiger partial charge in [0.1, 0.15) is 6.29 Å². The van der Waals surface area contributed by atoms with E-state index in [2.05, 4.69) is 28.8 Å². The molecule has 0 atom stereocenters. The molecule has 21 heavy (non-hydrogen) atoms. The highest BCUT2D eigenvalue weighted by atomic mass is 16.1. The highest BCUT2D eigenvalue weighted by Crippen LogP contribution is 2.32. The Bertz CT molecular complexity index is 951. The van der Waals surface area contributed by atoms with E-state index in [9.17, 15) is 4.79 Å². The summed E-state index contributed by atoms with van der Waals surface area (Å²) in [6.07, 6.45) is 0.895. The summed E-state index contributed by atoms with van der Waals surface area (Å²) in [7, 11) is 0. The molecule has 100 valence electrons. The van der Waals surface area contributed by atoms with Gasteiger partial charge in [0, 0.05) is 22.0 Å². The molecule has 2 heteroatoms. The molecule has 3 aromatic carbocycles. The Labute approximate surface area is 122 Å². The van der Waals surface area contributed by atoms with Crippen LogP contribution in [0.4, 0.5) is 0 Å². The first-order valence-corrected chi connectivity index (χ1v) is 6.92. The third-order valence-corrected chi connectivity index (χ3v) is 3.85. The van der Waals surface area contributed by atoms with Crippen molar-refractivity contribution in [3.8, 4) is 5.69 Å². The lowest BCUT2D eigenvalue weighted by molar-refractivity contribution is 0.112. The maximum Gasteiger partial charge on any atom is 0.150 e. The maximum absolute atomic E-state index is 11.1. The van der Waals surface area contributed by atoms with Gasteiger partial charge in [0.2, 0.25) is 0 Å². The Hall–Kier alpha value is -2.87. The van der Waals surface area contributed by atoms with Crippen LogP contribution in [0, 0.1) is 0 Å². The number of carbonyl (C=O) groups excluding carboxylic acids is 1. The average Bonchev–Trinajstić information content (AvgIpc) is 2.89. The van der Waals surface area contributed by atoms with Gasteiger partial charge in [-0.1, -0.05) is 48.5 Å². The van der Waals surface area contributed by atoms with Gasteiger partial charge in [0.25, 0.3) is 0 Å². The fraction of sp³-hybridized carbons (Fsp3) is 0. The zero-order valence-electron chi connectivity index (χ0n) is 11.4. The maximum atomic E-state index is 11.1. The molecule has 0 amide bonds. The Balaban J connectivity index is 2.21. The number of aromatic nitrogens is 1. The van der Waals surface area contributed by atoms with Crippen LogP contribution in [0.5, 0.6) is 0 Å². The molecular formula is C19H13NO. The van der Waals surface area contributed by atoms with Crippen molar-refractivity contribution in [1.82, 2.24) is 4.57 Å². The number of benzene rings is 3. The number of carbonyl (C=O) groups is 1. The Morgan fingerprint density at radius 2 is 1.43 bits per heavy atom. The third kappa shape index (κ3) is 1.77. The van der Waals surface area contributed by atoms with E-state index in [1.807, 2.05) is 48.5 Å². The number of nitrogens with zero attached hydrogens (tertiary/aromatic N) is 1. The molecule has 1 aromatic heterocycles. The van der Waals surface area contributed by atoms with E-state index < -0.39 is 0 Å². The van der Waals surface area contributed by atoms with E-state index in [1.165, 1.54) is 10.8 Å². The summed E-state index contributed by atoms with van der Waals surface area (Å²) in [6.45, 7) is 0. The molecule has 1 heterocycles. The predicted octanol–water partition coefficient (Wildman–Crippen LogP) is 4.60. The molecule has 2 nitrogen and oxygen atoms in total. The van der Waals surface area contributed by atoms with Crippen molar-refractivity contribution in [2.45, 2.75) is 0 Å². The van der Waals surface area contributed by atoms with E-state index >= 15 is 0 Å². The minimum Gasteiger partial charge on any atom is -0.309 e. The third-order valence-electron chi connectivity index (χ3n) is 3.85. The molecule has 0 saturated carbocycles. The van der Waals surface area contributed by atoms with Crippen LogP contribution in [0.15, 0.2) is 72.8 Å². The van der Waals surface area contributed by atoms with Gasteiger partial charge >= 0.3 is 0 Å². The number of rotatable bonds is 2. The summed E-state index contributed by atoms with van der Waals surface area (Å²) in [5.41, 5.74) is 4.02. The van der Waals surface area contributed by atoms with Crippen LogP contribution in [0.2, 0.25) is 0 Å². The molecule has 0 saturated heterocycles. The average molecular weight is 271 g/mol. The van der Waals surface area contributed by atoms with Crippen LogP contribution in [-0.4, -0.2) is 10.9 Å². The summed E-state index contributed by atoms with van der Waals surface area (Å²) in [5, 5.41) is 2.37. The topological polar surface area (TPSA) is 22.0 Å². The molecule has 0 N–H and O–H groups in total. The number of hydrogen-bond acceptors (Lipinski definition) is 1. The van der Waals surface area contributed by atoms with E-state index in [-0.39, 0.29) is 0 Å². The van der Waals surface area contributed by atoms with Crippen LogP contribution in [0.25, 0.3) is 27.5 Å². The highest BCUT2D eigenvalue weighted by Gasteiger charge is 2.11. The normalized spacial score (nSPS) is 11.0. The zero-order chi connectivity index (χ0) is 14.2. The largest absolute Gasteiger partial charge is 0.309 e. The lowest BCUT2D eigenvalue weighted by Gasteiger charge is -2.07. The van der Waals surface area contributed by atoms with Crippen molar-refractivity contribution in [2.24, 2.45) is 0 Å². The number of aldehydes is 1. The van der Waals surface area contributed by atoms with Gasteiger partial charge in [-0.3, -0.25) is 4.79 Å². The van der Waals surface area contributed by atoms with Crippen molar-refractivity contribution in [3.05, 3.63) is 78.4 Å². The minimum atomic E-state index is 0.697. The van der Waals surface area contributed by atoms with Gasteiger partial charge in [-0.05, 0) is 24.3 Å². The molecule has 0 unspecified atom stereocenters. The van der Waals surface area contributed by atoms with Gasteiger partial charge in [-0.25, -0.2) is 0 Å². The second kappa shape index (κ2) is 4.60. The number of fused-ring (bicyclic) bond motifs is 3. The predicted molar refractivity (Wildman–Crippen MR) is 86.2 cm³/mol. The first-order valence-electron chi connectivity index (χ1n) is 6.92. The molecule has 0 spiro atoms. The first-order chi connectivity index (χ1) is 10.4. The van der Waals surface area contributed by atoms with Crippen LogP contribution in [0.3, 0.4) is 0 Å². The van der Waals surface area contributed by atoms with E-state index in [0.29, 0.717) is 5.56 Å². The Morgan fingerprint density at radius 3 is 2.24 bits per heavy atom. The molecule has 0 bridgehead atoms. The highest BCUT2D eigenvalue weighted by molar-refractivity contribution is 6.10. The van der Waals surface area contributed by atoms with Gasteiger partial charge in [-0.2, -0.15) is 0 Å². The zero-order valence-corrected chi connectivity index (χ0v) is 11.4.